The second-order valence-corrected chi connectivity index (χ2v) is 6.76. The largest absolute Gasteiger partial charge is 0.379 e. The third-order valence-corrected chi connectivity index (χ3v) is 4.80. The first kappa shape index (κ1) is 20.2. The van der Waals surface area contributed by atoms with Crippen molar-refractivity contribution in [2.24, 2.45) is 5.73 Å². The molecule has 0 bridgehead atoms. The quantitative estimate of drug-likeness (QED) is 0.762. The average Bonchev–Trinajstić information content (AvgIpc) is 2.68. The molecular weight excluding hydrogens is 387 g/mol. The van der Waals surface area contributed by atoms with Crippen LogP contribution in [0.4, 0.5) is 4.39 Å². The van der Waals surface area contributed by atoms with E-state index in [1.54, 1.807) is 6.07 Å². The molecule has 1 aromatic heterocycles. The summed E-state index contributed by atoms with van der Waals surface area (Å²) in [5, 5.41) is 2.83. The number of hydrogen-bond donors (Lipinski definition) is 2. The molecule has 9 heteroatoms. The summed E-state index contributed by atoms with van der Waals surface area (Å²) in [6.07, 6.45) is 1.20. The van der Waals surface area contributed by atoms with E-state index in [2.05, 4.69) is 15.2 Å². The molecule has 1 atom stereocenters. The zero-order chi connectivity index (χ0) is 20.1. The van der Waals surface area contributed by atoms with Gasteiger partial charge in [0, 0.05) is 25.8 Å². The number of pyridine rings is 1. The number of ether oxygens (including phenoxy) is 1. The van der Waals surface area contributed by atoms with Gasteiger partial charge in [0.2, 0.25) is 5.91 Å². The van der Waals surface area contributed by atoms with Crippen LogP contribution >= 0.6 is 11.6 Å². The van der Waals surface area contributed by atoms with Crippen LogP contribution in [0.2, 0.25) is 5.02 Å². The number of benzene rings is 1. The van der Waals surface area contributed by atoms with Crippen molar-refractivity contribution in [2.45, 2.75) is 6.04 Å². The van der Waals surface area contributed by atoms with Crippen molar-refractivity contribution >= 4 is 23.4 Å². The molecule has 2 amide bonds. The van der Waals surface area contributed by atoms with Gasteiger partial charge in [-0.1, -0.05) is 23.7 Å². The Balaban J connectivity index is 1.76. The Morgan fingerprint density at radius 2 is 2.07 bits per heavy atom. The fraction of sp³-hybridized carbons (Fsp3) is 0.316. The Kier molecular flexibility index (Phi) is 6.56. The first-order valence-electron chi connectivity index (χ1n) is 8.76. The van der Waals surface area contributed by atoms with Crippen LogP contribution in [-0.2, 0) is 4.74 Å². The molecule has 1 unspecified atom stereocenters. The van der Waals surface area contributed by atoms with Gasteiger partial charge in [-0.25, -0.2) is 9.37 Å². The highest BCUT2D eigenvalue weighted by atomic mass is 35.5. The molecule has 0 aliphatic carbocycles. The fourth-order valence-electron chi connectivity index (χ4n) is 3.07. The lowest BCUT2D eigenvalue weighted by molar-refractivity contribution is 0.0161. The SMILES string of the molecule is NC(=O)c1cnc(C(=O)NCC(c2cccc(F)c2)N2CCOCC2)c(Cl)c1. The van der Waals surface area contributed by atoms with E-state index < -0.39 is 11.8 Å². The number of nitrogens with one attached hydrogen (secondary N) is 1. The fourth-order valence-corrected chi connectivity index (χ4v) is 3.33. The molecule has 3 N–H and O–H groups in total. The minimum Gasteiger partial charge on any atom is -0.379 e. The molecule has 7 nitrogen and oxygen atoms in total. The van der Waals surface area contributed by atoms with Gasteiger partial charge in [-0.15, -0.1) is 0 Å². The third-order valence-electron chi connectivity index (χ3n) is 4.52. The number of carbonyl (C=O) groups excluding carboxylic acids is 2. The number of hydrogen-bond acceptors (Lipinski definition) is 5. The summed E-state index contributed by atoms with van der Waals surface area (Å²) < 4.78 is 19.1. The summed E-state index contributed by atoms with van der Waals surface area (Å²) in [6.45, 7) is 2.72. The number of aromatic nitrogens is 1. The molecule has 0 spiro atoms. The Morgan fingerprint density at radius 1 is 1.32 bits per heavy atom. The summed E-state index contributed by atoms with van der Waals surface area (Å²) in [6, 6.07) is 7.37. The van der Waals surface area contributed by atoms with Gasteiger partial charge in [-0.2, -0.15) is 0 Å². The highest BCUT2D eigenvalue weighted by Crippen LogP contribution is 2.22. The van der Waals surface area contributed by atoms with Gasteiger partial charge < -0.3 is 15.8 Å². The summed E-state index contributed by atoms with van der Waals surface area (Å²) in [4.78, 5) is 29.8. The van der Waals surface area contributed by atoms with Crippen LogP contribution in [0, 0.1) is 5.82 Å². The Morgan fingerprint density at radius 3 is 2.71 bits per heavy atom. The van der Waals surface area contributed by atoms with Gasteiger partial charge in [-0.05, 0) is 23.8 Å². The molecule has 1 aromatic carbocycles. The van der Waals surface area contributed by atoms with Crippen molar-refractivity contribution in [3.05, 3.63) is 64.2 Å². The lowest BCUT2D eigenvalue weighted by Crippen LogP contribution is -2.44. The summed E-state index contributed by atoms with van der Waals surface area (Å²) in [5.74, 6) is -1.51. The molecule has 148 valence electrons. The van der Waals surface area contributed by atoms with Crippen LogP contribution in [0.1, 0.15) is 32.5 Å². The number of halogens is 2. The van der Waals surface area contributed by atoms with Crippen LogP contribution in [0.5, 0.6) is 0 Å². The molecule has 0 saturated carbocycles. The Hall–Kier alpha value is -2.55. The zero-order valence-corrected chi connectivity index (χ0v) is 15.8. The van der Waals surface area contributed by atoms with Crippen molar-refractivity contribution in [1.29, 1.82) is 0 Å². The molecule has 1 fully saturated rings. The van der Waals surface area contributed by atoms with Crippen LogP contribution < -0.4 is 11.1 Å². The molecule has 1 aliphatic heterocycles. The van der Waals surface area contributed by atoms with Crippen molar-refractivity contribution in [2.75, 3.05) is 32.8 Å². The molecule has 2 aromatic rings. The van der Waals surface area contributed by atoms with E-state index in [0.29, 0.717) is 26.3 Å². The van der Waals surface area contributed by atoms with Crippen molar-refractivity contribution in [3.63, 3.8) is 0 Å². The van der Waals surface area contributed by atoms with Gasteiger partial charge in [-0.3, -0.25) is 14.5 Å². The van der Waals surface area contributed by atoms with Crippen LogP contribution in [0.25, 0.3) is 0 Å². The predicted molar refractivity (Wildman–Crippen MR) is 102 cm³/mol. The first-order chi connectivity index (χ1) is 13.5. The van der Waals surface area contributed by atoms with Crippen LogP contribution in [0.3, 0.4) is 0 Å². The molecule has 0 radical (unpaired) electrons. The van der Waals surface area contributed by atoms with E-state index in [4.69, 9.17) is 22.1 Å². The van der Waals surface area contributed by atoms with E-state index in [0.717, 1.165) is 5.56 Å². The summed E-state index contributed by atoms with van der Waals surface area (Å²) in [7, 11) is 0. The molecule has 1 aliphatic rings. The number of primary amides is 1. The maximum absolute atomic E-state index is 13.7. The predicted octanol–water partition coefficient (Wildman–Crippen LogP) is 1.78. The van der Waals surface area contributed by atoms with Gasteiger partial charge in [0.15, 0.2) is 0 Å². The number of amides is 2. The Bertz CT molecular complexity index is 874. The van der Waals surface area contributed by atoms with Crippen molar-refractivity contribution < 1.29 is 18.7 Å². The highest BCUT2D eigenvalue weighted by Gasteiger charge is 2.24. The smallest absolute Gasteiger partial charge is 0.271 e. The third kappa shape index (κ3) is 4.83. The zero-order valence-electron chi connectivity index (χ0n) is 15.0. The second kappa shape index (κ2) is 9.09. The number of rotatable bonds is 6. The van der Waals surface area contributed by atoms with Crippen molar-refractivity contribution in [1.82, 2.24) is 15.2 Å². The van der Waals surface area contributed by atoms with E-state index >= 15 is 0 Å². The van der Waals surface area contributed by atoms with E-state index in [-0.39, 0.29) is 34.7 Å². The molecule has 1 saturated heterocycles. The Labute approximate surface area is 166 Å². The summed E-state index contributed by atoms with van der Waals surface area (Å²) in [5.41, 5.74) is 6.05. The van der Waals surface area contributed by atoms with Gasteiger partial charge >= 0.3 is 0 Å². The molecule has 2 heterocycles. The maximum atomic E-state index is 13.7. The lowest BCUT2D eigenvalue weighted by Gasteiger charge is -2.35. The van der Waals surface area contributed by atoms with E-state index in [1.165, 1.54) is 24.4 Å². The average molecular weight is 407 g/mol. The maximum Gasteiger partial charge on any atom is 0.271 e. The number of nitrogens with zero attached hydrogens (tertiary/aromatic N) is 2. The van der Waals surface area contributed by atoms with Crippen LogP contribution in [-0.4, -0.2) is 54.5 Å². The number of nitrogens with two attached hydrogens (primary N) is 1. The minimum absolute atomic E-state index is 0.00774. The van der Waals surface area contributed by atoms with Gasteiger partial charge in [0.25, 0.3) is 5.91 Å². The number of morpholine rings is 1. The molecular formula is C19H20ClFN4O3. The van der Waals surface area contributed by atoms with E-state index in [1.807, 2.05) is 6.07 Å². The van der Waals surface area contributed by atoms with Gasteiger partial charge in [0.05, 0.1) is 29.8 Å². The number of carbonyl (C=O) groups is 2. The molecule has 28 heavy (non-hydrogen) atoms. The second-order valence-electron chi connectivity index (χ2n) is 6.35. The molecule has 3 rings (SSSR count). The monoisotopic (exact) mass is 406 g/mol. The van der Waals surface area contributed by atoms with Gasteiger partial charge in [0.1, 0.15) is 11.5 Å². The normalized spacial score (nSPS) is 15.8. The van der Waals surface area contributed by atoms with E-state index in [9.17, 15) is 14.0 Å². The minimum atomic E-state index is -0.681. The standard InChI is InChI=1S/C19H20ClFN4O3/c20-15-9-13(18(22)26)10-23-17(15)19(27)24-11-16(25-4-6-28-7-5-25)12-2-1-3-14(21)8-12/h1-3,8-10,16H,4-7,11H2,(H2,22,26)(H,24,27). The topological polar surface area (TPSA) is 97.6 Å². The van der Waals surface area contributed by atoms with Crippen LogP contribution in [0.15, 0.2) is 36.5 Å². The summed E-state index contributed by atoms with van der Waals surface area (Å²) >= 11 is 6.06. The first-order valence-corrected chi connectivity index (χ1v) is 9.14. The lowest BCUT2D eigenvalue weighted by atomic mass is 10.0. The highest BCUT2D eigenvalue weighted by molar-refractivity contribution is 6.33. The van der Waals surface area contributed by atoms with Crippen molar-refractivity contribution in [3.8, 4) is 0 Å².